The molecule has 2 aromatic rings. The van der Waals surface area contributed by atoms with Crippen LogP contribution in [0.2, 0.25) is 0 Å². The lowest BCUT2D eigenvalue weighted by Gasteiger charge is -2.15. The Hall–Kier alpha value is -1.79. The molecule has 2 aromatic heterocycles. The van der Waals surface area contributed by atoms with Crippen molar-refractivity contribution in [1.29, 1.82) is 0 Å². The predicted octanol–water partition coefficient (Wildman–Crippen LogP) is 2.65. The van der Waals surface area contributed by atoms with Crippen LogP contribution in [0, 0.1) is 12.8 Å². The van der Waals surface area contributed by atoms with Crippen LogP contribution in [0.15, 0.2) is 24.5 Å². The fourth-order valence-corrected chi connectivity index (χ4v) is 4.09. The lowest BCUT2D eigenvalue weighted by Crippen LogP contribution is -2.29. The molecule has 2 atom stereocenters. The quantitative estimate of drug-likeness (QED) is 0.925. The van der Waals surface area contributed by atoms with E-state index >= 15 is 0 Å². The molecule has 3 rings (SSSR count). The molecule has 1 aliphatic heterocycles. The monoisotopic (exact) mass is 345 g/mol. The topological polar surface area (TPSA) is 66.3 Å². The summed E-state index contributed by atoms with van der Waals surface area (Å²) < 4.78 is 0. The van der Waals surface area contributed by atoms with Crippen molar-refractivity contribution in [2.24, 2.45) is 5.92 Å². The van der Waals surface area contributed by atoms with Crippen molar-refractivity contribution in [3.05, 3.63) is 45.7 Å². The largest absolute Gasteiger partial charge is 0.391 e. The van der Waals surface area contributed by atoms with E-state index in [9.17, 15) is 9.90 Å². The van der Waals surface area contributed by atoms with Gasteiger partial charge in [0.25, 0.3) is 5.91 Å². The maximum absolute atomic E-state index is 12.8. The number of amides is 1. The van der Waals surface area contributed by atoms with Gasteiger partial charge in [-0.1, -0.05) is 13.8 Å². The first kappa shape index (κ1) is 17.0. The van der Waals surface area contributed by atoms with Crippen LogP contribution in [0.5, 0.6) is 0 Å². The zero-order valence-corrected chi connectivity index (χ0v) is 15.1. The van der Waals surface area contributed by atoms with Crippen LogP contribution in [0.1, 0.15) is 45.7 Å². The van der Waals surface area contributed by atoms with E-state index in [0.717, 1.165) is 22.7 Å². The van der Waals surface area contributed by atoms with Gasteiger partial charge in [-0.2, -0.15) is 0 Å². The second kappa shape index (κ2) is 6.99. The molecule has 0 aliphatic carbocycles. The number of carbonyl (C=O) groups excluding carboxylic acids is 1. The van der Waals surface area contributed by atoms with Crippen LogP contribution >= 0.6 is 11.3 Å². The van der Waals surface area contributed by atoms with Crippen molar-refractivity contribution in [3.63, 3.8) is 0 Å². The molecule has 1 amide bonds. The molecule has 5 nitrogen and oxygen atoms in total. The Bertz CT molecular complexity index is 714. The fourth-order valence-electron chi connectivity index (χ4n) is 3.05. The van der Waals surface area contributed by atoms with Crippen molar-refractivity contribution in [3.8, 4) is 0 Å². The zero-order valence-electron chi connectivity index (χ0n) is 14.3. The summed E-state index contributed by atoms with van der Waals surface area (Å²) in [6.45, 7) is 7.02. The summed E-state index contributed by atoms with van der Waals surface area (Å²) in [6.07, 6.45) is 3.79. The van der Waals surface area contributed by atoms with Gasteiger partial charge in [-0.25, -0.2) is 4.98 Å². The molecule has 128 valence electrons. The number of likely N-dealkylation sites (tertiary alicyclic amines) is 1. The normalized spacial score (nSPS) is 20.8. The van der Waals surface area contributed by atoms with Gasteiger partial charge in [0.05, 0.1) is 16.8 Å². The lowest BCUT2D eigenvalue weighted by molar-refractivity contribution is 0.0768. The highest BCUT2D eigenvalue weighted by Crippen LogP contribution is 2.28. The van der Waals surface area contributed by atoms with Gasteiger partial charge in [0, 0.05) is 37.3 Å². The number of aliphatic hydroxyl groups excluding tert-OH is 1. The van der Waals surface area contributed by atoms with E-state index in [-0.39, 0.29) is 11.8 Å². The molecule has 1 N–H and O–H groups in total. The number of aromatic nitrogens is 2. The van der Waals surface area contributed by atoms with Gasteiger partial charge in [0.2, 0.25) is 0 Å². The number of hydrogen-bond donors (Lipinski definition) is 1. The Morgan fingerprint density at radius 1 is 1.38 bits per heavy atom. The number of rotatable bonds is 4. The van der Waals surface area contributed by atoms with Crippen LogP contribution in [-0.2, 0) is 6.42 Å². The van der Waals surface area contributed by atoms with Crippen molar-refractivity contribution in [2.45, 2.75) is 39.2 Å². The van der Waals surface area contributed by atoms with Gasteiger partial charge >= 0.3 is 0 Å². The molecule has 1 aliphatic rings. The van der Waals surface area contributed by atoms with Crippen LogP contribution in [-0.4, -0.2) is 45.1 Å². The first-order valence-electron chi connectivity index (χ1n) is 8.29. The SMILES string of the molecule is Cc1nc(C(C)C)sc1C(=O)N1C[C@@H](Cc2ccncc2)[C@@H](O)C1. The van der Waals surface area contributed by atoms with Crippen molar-refractivity contribution in [2.75, 3.05) is 13.1 Å². The zero-order chi connectivity index (χ0) is 17.3. The van der Waals surface area contributed by atoms with Gasteiger partial charge in [-0.15, -0.1) is 11.3 Å². The molecule has 0 radical (unpaired) electrons. The predicted molar refractivity (Wildman–Crippen MR) is 94.3 cm³/mol. The van der Waals surface area contributed by atoms with E-state index in [1.54, 1.807) is 17.3 Å². The number of aryl methyl sites for hydroxylation is 1. The van der Waals surface area contributed by atoms with Crippen LogP contribution in [0.25, 0.3) is 0 Å². The Kier molecular flexibility index (Phi) is 4.96. The number of hydrogen-bond acceptors (Lipinski definition) is 5. The molecule has 3 heterocycles. The maximum atomic E-state index is 12.8. The smallest absolute Gasteiger partial charge is 0.265 e. The summed E-state index contributed by atoms with van der Waals surface area (Å²) in [6, 6.07) is 3.92. The summed E-state index contributed by atoms with van der Waals surface area (Å²) in [4.78, 5) is 23.8. The number of pyridine rings is 1. The second-order valence-electron chi connectivity index (χ2n) is 6.72. The van der Waals surface area contributed by atoms with Crippen molar-refractivity contribution < 1.29 is 9.90 Å². The molecule has 0 spiro atoms. The first-order chi connectivity index (χ1) is 11.5. The number of carbonyl (C=O) groups is 1. The summed E-state index contributed by atoms with van der Waals surface area (Å²) in [5.74, 6) is 0.376. The average Bonchev–Trinajstić information content (AvgIpc) is 3.12. The molecular formula is C18H23N3O2S. The third-order valence-electron chi connectivity index (χ3n) is 4.44. The number of nitrogens with zero attached hydrogens (tertiary/aromatic N) is 3. The van der Waals surface area contributed by atoms with Crippen LogP contribution in [0.4, 0.5) is 0 Å². The Morgan fingerprint density at radius 2 is 2.08 bits per heavy atom. The molecule has 0 aromatic carbocycles. The van der Waals surface area contributed by atoms with Gasteiger partial charge in [-0.3, -0.25) is 9.78 Å². The highest BCUT2D eigenvalue weighted by Gasteiger charge is 2.35. The van der Waals surface area contributed by atoms with E-state index in [4.69, 9.17) is 0 Å². The summed E-state index contributed by atoms with van der Waals surface area (Å²) in [5.41, 5.74) is 1.93. The minimum atomic E-state index is -0.486. The van der Waals surface area contributed by atoms with Gasteiger partial charge in [0.1, 0.15) is 4.88 Å². The number of thiazole rings is 1. The molecular weight excluding hydrogens is 322 g/mol. The number of aliphatic hydroxyl groups is 1. The summed E-state index contributed by atoms with van der Waals surface area (Å²) in [7, 11) is 0. The van der Waals surface area contributed by atoms with Gasteiger partial charge < -0.3 is 10.0 Å². The average molecular weight is 345 g/mol. The summed E-state index contributed by atoms with van der Waals surface area (Å²) in [5, 5.41) is 11.3. The molecule has 24 heavy (non-hydrogen) atoms. The molecule has 0 bridgehead atoms. The van der Waals surface area contributed by atoms with E-state index in [2.05, 4.69) is 23.8 Å². The highest BCUT2D eigenvalue weighted by atomic mass is 32.1. The minimum Gasteiger partial charge on any atom is -0.391 e. The van der Waals surface area contributed by atoms with E-state index in [0.29, 0.717) is 23.9 Å². The van der Waals surface area contributed by atoms with E-state index < -0.39 is 6.10 Å². The molecule has 6 heteroatoms. The Balaban J connectivity index is 1.71. The highest BCUT2D eigenvalue weighted by molar-refractivity contribution is 7.13. The van der Waals surface area contributed by atoms with Crippen LogP contribution in [0.3, 0.4) is 0 Å². The second-order valence-corrected chi connectivity index (χ2v) is 7.75. The maximum Gasteiger partial charge on any atom is 0.265 e. The molecule has 1 saturated heterocycles. The van der Waals surface area contributed by atoms with Crippen molar-refractivity contribution in [1.82, 2.24) is 14.9 Å². The molecule has 0 saturated carbocycles. The Morgan fingerprint density at radius 3 is 2.71 bits per heavy atom. The third-order valence-corrected chi connectivity index (χ3v) is 5.89. The molecule has 1 fully saturated rings. The molecule has 0 unspecified atom stereocenters. The Labute approximate surface area is 146 Å². The van der Waals surface area contributed by atoms with Gasteiger partial charge in [-0.05, 0) is 31.0 Å². The minimum absolute atomic E-state index is 0.00632. The van der Waals surface area contributed by atoms with E-state index in [1.165, 1.54) is 11.3 Å². The lowest BCUT2D eigenvalue weighted by atomic mass is 9.97. The fraction of sp³-hybridized carbons (Fsp3) is 0.500. The number of β-amino-alcohol motifs (C(OH)–C–C–N with tert-alkyl or cyclic N) is 1. The first-order valence-corrected chi connectivity index (χ1v) is 9.11. The van der Waals surface area contributed by atoms with Gasteiger partial charge in [0.15, 0.2) is 0 Å². The third kappa shape index (κ3) is 3.49. The summed E-state index contributed by atoms with van der Waals surface area (Å²) >= 11 is 1.48. The van der Waals surface area contributed by atoms with Crippen LogP contribution < -0.4 is 0 Å². The van der Waals surface area contributed by atoms with Crippen molar-refractivity contribution >= 4 is 17.2 Å². The standard InChI is InChI=1S/C18H23N3O2S/c1-11(2)17-20-12(3)16(24-17)18(23)21-9-14(15(22)10-21)8-13-4-6-19-7-5-13/h4-7,11,14-15,22H,8-10H2,1-3H3/t14-,15+/m1/s1. The van der Waals surface area contributed by atoms with E-state index in [1.807, 2.05) is 19.1 Å².